The van der Waals surface area contributed by atoms with Gasteiger partial charge in [-0.3, -0.25) is 4.79 Å². The summed E-state index contributed by atoms with van der Waals surface area (Å²) in [6.07, 6.45) is 0. The van der Waals surface area contributed by atoms with Crippen LogP contribution in [0.3, 0.4) is 0 Å². The topological polar surface area (TPSA) is 66.8 Å². The normalized spacial score (nSPS) is 11.2. The van der Waals surface area contributed by atoms with Crippen molar-refractivity contribution < 1.29 is 19.7 Å². The number of hydrogen-bond acceptors (Lipinski definition) is 4. The van der Waals surface area contributed by atoms with E-state index in [-0.39, 0.29) is 22.6 Å². The van der Waals surface area contributed by atoms with Crippen LogP contribution in [0, 0.1) is 0 Å². The van der Waals surface area contributed by atoms with Crippen molar-refractivity contribution >= 4 is 5.78 Å². The number of para-hydroxylation sites is 1. The van der Waals surface area contributed by atoms with Gasteiger partial charge in [0.2, 0.25) is 0 Å². The SMILES string of the molecule is CC(C)(C)Oc1ccc(C(=O)c2ccccc2O)c(O)c1. The van der Waals surface area contributed by atoms with Crippen molar-refractivity contribution in [3.05, 3.63) is 53.6 Å². The van der Waals surface area contributed by atoms with Gasteiger partial charge in [0.05, 0.1) is 11.1 Å². The first-order valence-corrected chi connectivity index (χ1v) is 6.62. The van der Waals surface area contributed by atoms with Gasteiger partial charge in [0.1, 0.15) is 22.8 Å². The summed E-state index contributed by atoms with van der Waals surface area (Å²) in [6.45, 7) is 5.68. The fourth-order valence-electron chi connectivity index (χ4n) is 1.93. The Balaban J connectivity index is 2.34. The van der Waals surface area contributed by atoms with E-state index in [0.29, 0.717) is 5.75 Å². The molecule has 0 bridgehead atoms. The molecule has 0 unspecified atom stereocenters. The highest BCUT2D eigenvalue weighted by atomic mass is 16.5. The monoisotopic (exact) mass is 286 g/mol. The minimum atomic E-state index is -0.437. The number of carbonyl (C=O) groups excluding carboxylic acids is 1. The Hall–Kier alpha value is -2.49. The molecule has 110 valence electrons. The second-order valence-corrected chi connectivity index (χ2v) is 5.74. The van der Waals surface area contributed by atoms with E-state index in [1.54, 1.807) is 18.2 Å². The highest BCUT2D eigenvalue weighted by Gasteiger charge is 2.18. The van der Waals surface area contributed by atoms with Crippen LogP contribution >= 0.6 is 0 Å². The molecule has 2 N–H and O–H groups in total. The fourth-order valence-corrected chi connectivity index (χ4v) is 1.93. The van der Waals surface area contributed by atoms with Gasteiger partial charge in [-0.2, -0.15) is 0 Å². The van der Waals surface area contributed by atoms with E-state index in [1.165, 1.54) is 24.3 Å². The predicted molar refractivity (Wildman–Crippen MR) is 80.0 cm³/mol. The highest BCUT2D eigenvalue weighted by molar-refractivity contribution is 6.12. The van der Waals surface area contributed by atoms with E-state index < -0.39 is 11.4 Å². The number of phenols is 2. The third-order valence-corrected chi connectivity index (χ3v) is 2.79. The lowest BCUT2D eigenvalue weighted by molar-refractivity contribution is 0.103. The molecule has 0 aliphatic carbocycles. The van der Waals surface area contributed by atoms with E-state index >= 15 is 0 Å². The molecule has 0 aliphatic rings. The number of ether oxygens (including phenoxy) is 1. The summed E-state index contributed by atoms with van der Waals surface area (Å²) in [4.78, 5) is 12.3. The third kappa shape index (κ3) is 3.54. The Labute approximate surface area is 123 Å². The Morgan fingerprint density at radius 2 is 1.57 bits per heavy atom. The maximum Gasteiger partial charge on any atom is 0.200 e. The molecule has 21 heavy (non-hydrogen) atoms. The third-order valence-electron chi connectivity index (χ3n) is 2.79. The van der Waals surface area contributed by atoms with Gasteiger partial charge in [0.25, 0.3) is 0 Å². The van der Waals surface area contributed by atoms with Crippen LogP contribution in [-0.4, -0.2) is 21.6 Å². The minimum Gasteiger partial charge on any atom is -0.507 e. The number of carbonyl (C=O) groups is 1. The zero-order valence-corrected chi connectivity index (χ0v) is 12.3. The van der Waals surface area contributed by atoms with Crippen LogP contribution in [0.15, 0.2) is 42.5 Å². The van der Waals surface area contributed by atoms with Gasteiger partial charge in [-0.1, -0.05) is 12.1 Å². The van der Waals surface area contributed by atoms with Gasteiger partial charge < -0.3 is 14.9 Å². The van der Waals surface area contributed by atoms with Crippen LogP contribution in [0.25, 0.3) is 0 Å². The molecule has 0 amide bonds. The maximum atomic E-state index is 12.3. The molecule has 0 saturated heterocycles. The van der Waals surface area contributed by atoms with Crippen molar-refractivity contribution in [3.63, 3.8) is 0 Å². The molecule has 0 spiro atoms. The molecular formula is C17H18O4. The van der Waals surface area contributed by atoms with E-state index in [9.17, 15) is 15.0 Å². The van der Waals surface area contributed by atoms with Crippen LogP contribution in [0.2, 0.25) is 0 Å². The Bertz CT molecular complexity index is 669. The molecule has 0 heterocycles. The number of benzene rings is 2. The second-order valence-electron chi connectivity index (χ2n) is 5.74. The number of ketones is 1. The minimum absolute atomic E-state index is 0.114. The first-order chi connectivity index (χ1) is 9.78. The first-order valence-electron chi connectivity index (χ1n) is 6.62. The molecule has 0 radical (unpaired) electrons. The lowest BCUT2D eigenvalue weighted by atomic mass is 10.0. The van der Waals surface area contributed by atoms with E-state index in [4.69, 9.17) is 4.74 Å². The van der Waals surface area contributed by atoms with Crippen molar-refractivity contribution in [1.29, 1.82) is 0 Å². The summed E-state index contributed by atoms with van der Waals surface area (Å²) in [5, 5.41) is 19.7. The molecule has 0 aliphatic heterocycles. The van der Waals surface area contributed by atoms with E-state index in [1.807, 2.05) is 20.8 Å². The van der Waals surface area contributed by atoms with Gasteiger partial charge in [-0.15, -0.1) is 0 Å². The van der Waals surface area contributed by atoms with Gasteiger partial charge in [0.15, 0.2) is 5.78 Å². The number of rotatable bonds is 3. The lowest BCUT2D eigenvalue weighted by Gasteiger charge is -2.21. The number of hydrogen-bond donors (Lipinski definition) is 2. The summed E-state index contributed by atoms with van der Waals surface area (Å²) in [5.41, 5.74) is -0.120. The maximum absolute atomic E-state index is 12.3. The average Bonchev–Trinajstić information content (AvgIpc) is 2.37. The zero-order chi connectivity index (χ0) is 15.6. The van der Waals surface area contributed by atoms with Crippen LogP contribution in [0.1, 0.15) is 36.7 Å². The summed E-state index contributed by atoms with van der Waals surface area (Å²) < 4.78 is 5.63. The molecule has 0 aromatic heterocycles. The predicted octanol–water partition coefficient (Wildman–Crippen LogP) is 3.51. The second kappa shape index (κ2) is 5.48. The molecular weight excluding hydrogens is 268 g/mol. The smallest absolute Gasteiger partial charge is 0.200 e. The lowest BCUT2D eigenvalue weighted by Crippen LogP contribution is -2.22. The van der Waals surface area contributed by atoms with Gasteiger partial charge >= 0.3 is 0 Å². The van der Waals surface area contributed by atoms with Crippen molar-refractivity contribution in [2.24, 2.45) is 0 Å². The van der Waals surface area contributed by atoms with E-state index in [2.05, 4.69) is 0 Å². The molecule has 2 aromatic carbocycles. The summed E-state index contributed by atoms with van der Waals surface area (Å²) in [7, 11) is 0. The van der Waals surface area contributed by atoms with Gasteiger partial charge in [-0.25, -0.2) is 0 Å². The van der Waals surface area contributed by atoms with Crippen molar-refractivity contribution in [2.45, 2.75) is 26.4 Å². The Kier molecular flexibility index (Phi) is 3.89. The summed E-state index contributed by atoms with van der Waals surface area (Å²) in [6, 6.07) is 10.7. The molecule has 4 nitrogen and oxygen atoms in total. The Morgan fingerprint density at radius 3 is 2.14 bits per heavy atom. The standard InChI is InChI=1S/C17H18O4/c1-17(2,3)21-11-8-9-13(15(19)10-11)16(20)12-6-4-5-7-14(12)18/h4-10,18-19H,1-3H3. The zero-order valence-electron chi connectivity index (χ0n) is 12.3. The summed E-state index contributed by atoms with van der Waals surface area (Å²) in [5.74, 6) is -0.247. The highest BCUT2D eigenvalue weighted by Crippen LogP contribution is 2.29. The first kappa shape index (κ1) is 14.9. The molecule has 2 rings (SSSR count). The number of phenolic OH excluding ortho intramolecular Hbond substituents is 2. The quantitative estimate of drug-likeness (QED) is 0.847. The van der Waals surface area contributed by atoms with Crippen LogP contribution in [0.5, 0.6) is 17.2 Å². The van der Waals surface area contributed by atoms with E-state index in [0.717, 1.165) is 0 Å². The number of aromatic hydroxyl groups is 2. The molecule has 0 saturated carbocycles. The molecule has 0 atom stereocenters. The van der Waals surface area contributed by atoms with Crippen molar-refractivity contribution in [2.75, 3.05) is 0 Å². The molecule has 4 heteroatoms. The Morgan fingerprint density at radius 1 is 0.952 bits per heavy atom. The van der Waals surface area contributed by atoms with Crippen molar-refractivity contribution in [3.8, 4) is 17.2 Å². The average molecular weight is 286 g/mol. The van der Waals surface area contributed by atoms with Crippen molar-refractivity contribution in [1.82, 2.24) is 0 Å². The van der Waals surface area contributed by atoms with Gasteiger partial charge in [0, 0.05) is 6.07 Å². The molecule has 2 aromatic rings. The summed E-state index contributed by atoms with van der Waals surface area (Å²) >= 11 is 0. The molecule has 0 fully saturated rings. The fraction of sp³-hybridized carbons (Fsp3) is 0.235. The van der Waals surface area contributed by atoms with Crippen LogP contribution < -0.4 is 4.74 Å². The van der Waals surface area contributed by atoms with Crippen LogP contribution in [-0.2, 0) is 0 Å². The van der Waals surface area contributed by atoms with Gasteiger partial charge in [-0.05, 0) is 45.0 Å². The van der Waals surface area contributed by atoms with Crippen LogP contribution in [0.4, 0.5) is 0 Å². The largest absolute Gasteiger partial charge is 0.507 e.